The van der Waals surface area contributed by atoms with Gasteiger partial charge < -0.3 is 11.1 Å². The number of anilines is 2. The average Bonchev–Trinajstić information content (AvgIpc) is 2.40. The molecule has 0 fully saturated rings. The maximum Gasteiger partial charge on any atom is 0.417 e. The average molecular weight is 331 g/mol. The van der Waals surface area contributed by atoms with Crippen molar-refractivity contribution < 1.29 is 13.2 Å². The van der Waals surface area contributed by atoms with Gasteiger partial charge in [-0.05, 0) is 30.3 Å². The van der Waals surface area contributed by atoms with E-state index in [1.54, 1.807) is 24.3 Å². The van der Waals surface area contributed by atoms with Crippen molar-refractivity contribution >= 4 is 40.2 Å². The third-order valence-corrected chi connectivity index (χ3v) is 3.29. The monoisotopic (exact) mass is 330 g/mol. The van der Waals surface area contributed by atoms with Gasteiger partial charge in [0.15, 0.2) is 0 Å². The van der Waals surface area contributed by atoms with Crippen molar-refractivity contribution in [3.05, 3.63) is 58.6 Å². The Hall–Kier alpha value is -1.79. The van der Waals surface area contributed by atoms with Crippen molar-refractivity contribution in [1.29, 1.82) is 0 Å². The Labute approximate surface area is 129 Å². The van der Waals surface area contributed by atoms with Crippen LogP contribution in [-0.2, 0) is 6.18 Å². The topological polar surface area (TPSA) is 38.0 Å². The van der Waals surface area contributed by atoms with Crippen molar-refractivity contribution in [3.8, 4) is 0 Å². The zero-order valence-electron chi connectivity index (χ0n) is 10.5. The number of hydrogen-bond donors (Lipinski definition) is 2. The molecule has 3 N–H and O–H groups in total. The molecule has 0 aliphatic rings. The molecule has 2 aromatic rings. The van der Waals surface area contributed by atoms with E-state index in [0.717, 1.165) is 6.07 Å². The van der Waals surface area contributed by atoms with E-state index in [1.165, 1.54) is 12.1 Å². The fourth-order valence-corrected chi connectivity index (χ4v) is 2.14. The van der Waals surface area contributed by atoms with Crippen LogP contribution < -0.4 is 11.1 Å². The number of para-hydroxylation sites is 1. The lowest BCUT2D eigenvalue weighted by molar-refractivity contribution is -0.137. The molecule has 0 saturated carbocycles. The Morgan fingerprint density at radius 2 is 1.81 bits per heavy atom. The van der Waals surface area contributed by atoms with E-state index in [1.807, 2.05) is 0 Å². The minimum absolute atomic E-state index is 0.227. The molecule has 2 rings (SSSR count). The first-order chi connectivity index (χ1) is 9.79. The van der Waals surface area contributed by atoms with E-state index >= 15 is 0 Å². The van der Waals surface area contributed by atoms with Crippen LogP contribution in [-0.4, -0.2) is 4.99 Å². The van der Waals surface area contributed by atoms with Gasteiger partial charge in [0.05, 0.1) is 16.3 Å². The van der Waals surface area contributed by atoms with Crippen LogP contribution in [0, 0.1) is 0 Å². The first-order valence-electron chi connectivity index (χ1n) is 5.81. The number of hydrogen-bond acceptors (Lipinski definition) is 2. The summed E-state index contributed by atoms with van der Waals surface area (Å²) in [5.74, 6) is 0. The van der Waals surface area contributed by atoms with Crippen LogP contribution in [0.5, 0.6) is 0 Å². The highest BCUT2D eigenvalue weighted by Gasteiger charge is 2.34. The van der Waals surface area contributed by atoms with Gasteiger partial charge in [-0.25, -0.2) is 0 Å². The van der Waals surface area contributed by atoms with E-state index in [4.69, 9.17) is 29.6 Å². The molecular weight excluding hydrogens is 321 g/mol. The predicted molar refractivity (Wildman–Crippen MR) is 82.1 cm³/mol. The summed E-state index contributed by atoms with van der Waals surface area (Å²) in [6, 6.07) is 10.4. The summed E-state index contributed by atoms with van der Waals surface area (Å²) in [6.07, 6.45) is -4.51. The number of nitrogens with two attached hydrogens (primary N) is 1. The largest absolute Gasteiger partial charge is 0.417 e. The van der Waals surface area contributed by atoms with Crippen LogP contribution >= 0.6 is 23.8 Å². The number of rotatable bonds is 3. The van der Waals surface area contributed by atoms with Crippen molar-refractivity contribution in [2.75, 3.05) is 5.32 Å². The molecule has 0 bridgehead atoms. The van der Waals surface area contributed by atoms with Crippen LogP contribution in [0.1, 0.15) is 11.1 Å². The summed E-state index contributed by atoms with van der Waals surface area (Å²) in [4.78, 5) is -0.315. The molecule has 2 nitrogen and oxygen atoms in total. The number of alkyl halides is 3. The normalized spacial score (nSPS) is 11.2. The molecule has 0 aromatic heterocycles. The number of benzene rings is 2. The highest BCUT2D eigenvalue weighted by molar-refractivity contribution is 7.80. The second kappa shape index (κ2) is 5.91. The molecule has 0 heterocycles. The Morgan fingerprint density at radius 1 is 1.14 bits per heavy atom. The van der Waals surface area contributed by atoms with Crippen LogP contribution in [0.2, 0.25) is 5.02 Å². The predicted octanol–water partition coefficient (Wildman–Crippen LogP) is 4.74. The SMILES string of the molecule is NC(=S)c1cc(Nc2ccccc2Cl)ccc1C(F)(F)F. The highest BCUT2D eigenvalue weighted by Crippen LogP contribution is 2.34. The Balaban J connectivity index is 2.42. The number of thiocarbonyl (C=S) groups is 1. The zero-order chi connectivity index (χ0) is 15.6. The van der Waals surface area contributed by atoms with Crippen LogP contribution in [0.25, 0.3) is 0 Å². The lowest BCUT2D eigenvalue weighted by atomic mass is 10.1. The summed E-state index contributed by atoms with van der Waals surface area (Å²) in [5, 5.41) is 3.38. The molecule has 0 saturated heterocycles. The van der Waals surface area contributed by atoms with Gasteiger partial charge in [-0.3, -0.25) is 0 Å². The maximum atomic E-state index is 12.9. The molecule has 0 atom stereocenters. The second-order valence-corrected chi connectivity index (χ2v) is 5.07. The molecule has 0 aliphatic heterocycles. The summed E-state index contributed by atoms with van der Waals surface area (Å²) >= 11 is 10.7. The fourth-order valence-electron chi connectivity index (χ4n) is 1.79. The van der Waals surface area contributed by atoms with Crippen molar-refractivity contribution in [2.24, 2.45) is 5.73 Å². The van der Waals surface area contributed by atoms with Crippen molar-refractivity contribution in [3.63, 3.8) is 0 Å². The highest BCUT2D eigenvalue weighted by atomic mass is 35.5. The Morgan fingerprint density at radius 3 is 2.38 bits per heavy atom. The van der Waals surface area contributed by atoms with Gasteiger partial charge >= 0.3 is 6.18 Å². The molecule has 7 heteroatoms. The molecule has 2 aromatic carbocycles. The van der Waals surface area contributed by atoms with Crippen LogP contribution in [0.4, 0.5) is 24.5 Å². The second-order valence-electron chi connectivity index (χ2n) is 4.23. The smallest absolute Gasteiger partial charge is 0.389 e. The first-order valence-corrected chi connectivity index (χ1v) is 6.60. The number of halogens is 4. The Bertz CT molecular complexity index is 686. The van der Waals surface area contributed by atoms with Gasteiger partial charge in [0.1, 0.15) is 4.99 Å². The molecule has 0 amide bonds. The molecule has 0 spiro atoms. The maximum absolute atomic E-state index is 12.9. The van der Waals surface area contributed by atoms with Gasteiger partial charge in [0.25, 0.3) is 0 Å². The third-order valence-electron chi connectivity index (χ3n) is 2.74. The molecule has 110 valence electrons. The molecule has 0 unspecified atom stereocenters. The zero-order valence-corrected chi connectivity index (χ0v) is 12.1. The van der Waals surface area contributed by atoms with E-state index in [0.29, 0.717) is 16.4 Å². The summed E-state index contributed by atoms with van der Waals surface area (Å²) < 4.78 is 38.6. The van der Waals surface area contributed by atoms with Gasteiger partial charge in [0, 0.05) is 11.3 Å². The van der Waals surface area contributed by atoms with Gasteiger partial charge in [0.2, 0.25) is 0 Å². The molecule has 0 aliphatic carbocycles. The minimum Gasteiger partial charge on any atom is -0.389 e. The number of nitrogens with one attached hydrogen (secondary N) is 1. The molecule has 21 heavy (non-hydrogen) atoms. The van der Waals surface area contributed by atoms with Gasteiger partial charge in [-0.1, -0.05) is 36.0 Å². The summed E-state index contributed by atoms with van der Waals surface area (Å²) in [5.41, 5.74) is 5.28. The summed E-state index contributed by atoms with van der Waals surface area (Å²) in [6.45, 7) is 0. The fraction of sp³-hybridized carbons (Fsp3) is 0.0714. The Kier molecular flexibility index (Phi) is 4.39. The third kappa shape index (κ3) is 3.65. The van der Waals surface area contributed by atoms with Gasteiger partial charge in [-0.15, -0.1) is 0 Å². The van der Waals surface area contributed by atoms with E-state index in [9.17, 15) is 13.2 Å². The molecular formula is C14H10ClF3N2S. The lowest BCUT2D eigenvalue weighted by Crippen LogP contribution is -2.18. The molecule has 0 radical (unpaired) electrons. The first kappa shape index (κ1) is 15.6. The standard InChI is InChI=1S/C14H10ClF3N2S/c15-11-3-1-2-4-12(11)20-8-5-6-10(14(16,17)18)9(7-8)13(19)21/h1-7,20H,(H2,19,21). The summed E-state index contributed by atoms with van der Waals surface area (Å²) in [7, 11) is 0. The quantitative estimate of drug-likeness (QED) is 0.798. The van der Waals surface area contributed by atoms with Gasteiger partial charge in [-0.2, -0.15) is 13.2 Å². The van der Waals surface area contributed by atoms with E-state index in [2.05, 4.69) is 5.32 Å². The van der Waals surface area contributed by atoms with Crippen LogP contribution in [0.15, 0.2) is 42.5 Å². The van der Waals surface area contributed by atoms with E-state index in [-0.39, 0.29) is 10.6 Å². The lowest BCUT2D eigenvalue weighted by Gasteiger charge is -2.15. The minimum atomic E-state index is -4.51. The van der Waals surface area contributed by atoms with Crippen molar-refractivity contribution in [2.45, 2.75) is 6.18 Å². The van der Waals surface area contributed by atoms with E-state index < -0.39 is 11.7 Å². The van der Waals surface area contributed by atoms with Crippen LogP contribution in [0.3, 0.4) is 0 Å². The van der Waals surface area contributed by atoms with Crippen molar-refractivity contribution in [1.82, 2.24) is 0 Å².